The molecule has 1 fully saturated rings. The molecule has 5 heteroatoms. The summed E-state index contributed by atoms with van der Waals surface area (Å²) in [4.78, 5) is 23.6. The van der Waals surface area contributed by atoms with Crippen molar-refractivity contribution in [1.82, 2.24) is 5.32 Å². The smallest absolute Gasteiger partial charge is 0.307 e. The number of hydrogen-bond donors (Lipinski definition) is 3. The van der Waals surface area contributed by atoms with Gasteiger partial charge in [-0.1, -0.05) is 27.2 Å². The number of rotatable bonds is 7. The minimum absolute atomic E-state index is 0.106. The minimum Gasteiger partial charge on any atom is -0.481 e. The number of nitrogens with one attached hydrogen (secondary N) is 1. The summed E-state index contributed by atoms with van der Waals surface area (Å²) in [6.45, 7) is 5.97. The lowest BCUT2D eigenvalue weighted by Crippen LogP contribution is -2.43. The maximum atomic E-state index is 12.3. The Kier molecular flexibility index (Phi) is 6.46. The standard InChI is InChI=1S/C15H27NO4/c1-4-10-6-12(13(7-10)15(19)20)14(18)16-11(8-17)5-9(2)3/h9-13,17H,4-8H2,1-3H3,(H,16,18)(H,19,20)/t10?,11?,12-,13+/m0/s1. The largest absolute Gasteiger partial charge is 0.481 e. The Balaban J connectivity index is 2.66. The number of carbonyl (C=O) groups is 2. The molecule has 0 saturated heterocycles. The average molecular weight is 285 g/mol. The first-order valence-corrected chi connectivity index (χ1v) is 7.53. The molecule has 1 aliphatic carbocycles. The first-order chi connectivity index (χ1) is 9.38. The number of aliphatic hydroxyl groups is 1. The maximum absolute atomic E-state index is 12.3. The van der Waals surface area contributed by atoms with E-state index in [1.807, 2.05) is 20.8 Å². The monoisotopic (exact) mass is 285 g/mol. The summed E-state index contributed by atoms with van der Waals surface area (Å²) in [5.74, 6) is -1.46. The van der Waals surface area contributed by atoms with E-state index < -0.39 is 17.8 Å². The van der Waals surface area contributed by atoms with Crippen LogP contribution in [0.1, 0.15) is 46.5 Å². The van der Waals surface area contributed by atoms with E-state index in [4.69, 9.17) is 0 Å². The van der Waals surface area contributed by atoms with Crippen molar-refractivity contribution < 1.29 is 19.8 Å². The van der Waals surface area contributed by atoms with Gasteiger partial charge in [0.2, 0.25) is 5.91 Å². The zero-order valence-corrected chi connectivity index (χ0v) is 12.6. The minimum atomic E-state index is -0.884. The Morgan fingerprint density at radius 1 is 1.25 bits per heavy atom. The van der Waals surface area contributed by atoms with Gasteiger partial charge in [0.25, 0.3) is 0 Å². The van der Waals surface area contributed by atoms with Crippen molar-refractivity contribution in [2.24, 2.45) is 23.7 Å². The lowest BCUT2D eigenvalue weighted by Gasteiger charge is -2.22. The number of carboxylic acid groups (broad SMARTS) is 1. The highest BCUT2D eigenvalue weighted by Gasteiger charge is 2.42. The van der Waals surface area contributed by atoms with Crippen molar-refractivity contribution >= 4 is 11.9 Å². The fraction of sp³-hybridized carbons (Fsp3) is 0.867. The van der Waals surface area contributed by atoms with Gasteiger partial charge in [-0.15, -0.1) is 0 Å². The molecule has 1 saturated carbocycles. The van der Waals surface area contributed by atoms with Crippen LogP contribution in [-0.2, 0) is 9.59 Å². The van der Waals surface area contributed by atoms with Crippen LogP contribution in [0.4, 0.5) is 0 Å². The van der Waals surface area contributed by atoms with Crippen molar-refractivity contribution in [3.05, 3.63) is 0 Å². The van der Waals surface area contributed by atoms with Crippen LogP contribution >= 0.6 is 0 Å². The summed E-state index contributed by atoms with van der Waals surface area (Å²) in [6, 6.07) is -0.280. The van der Waals surface area contributed by atoms with Gasteiger partial charge in [-0.2, -0.15) is 0 Å². The number of carboxylic acids is 1. The highest BCUT2D eigenvalue weighted by atomic mass is 16.4. The molecule has 3 N–H and O–H groups in total. The van der Waals surface area contributed by atoms with Gasteiger partial charge in [0.15, 0.2) is 0 Å². The molecule has 5 nitrogen and oxygen atoms in total. The van der Waals surface area contributed by atoms with Crippen LogP contribution < -0.4 is 5.32 Å². The van der Waals surface area contributed by atoms with Gasteiger partial charge >= 0.3 is 5.97 Å². The summed E-state index contributed by atoms with van der Waals surface area (Å²) in [6.07, 6.45) is 2.82. The van der Waals surface area contributed by atoms with Gasteiger partial charge in [0.05, 0.1) is 24.5 Å². The first-order valence-electron chi connectivity index (χ1n) is 7.53. The average Bonchev–Trinajstić information content (AvgIpc) is 2.81. The number of aliphatic hydroxyl groups excluding tert-OH is 1. The molecule has 0 spiro atoms. The van der Waals surface area contributed by atoms with Crippen LogP contribution in [0.2, 0.25) is 0 Å². The van der Waals surface area contributed by atoms with Gasteiger partial charge in [-0.3, -0.25) is 9.59 Å². The quantitative estimate of drug-likeness (QED) is 0.664. The highest BCUT2D eigenvalue weighted by molar-refractivity contribution is 5.85. The van der Waals surface area contributed by atoms with Crippen molar-refractivity contribution in [3.8, 4) is 0 Å². The summed E-state index contributed by atoms with van der Waals surface area (Å²) >= 11 is 0. The molecule has 0 heterocycles. The fourth-order valence-corrected chi connectivity index (χ4v) is 3.10. The second-order valence-electron chi connectivity index (χ2n) is 6.31. The lowest BCUT2D eigenvalue weighted by molar-refractivity contribution is -0.146. The molecule has 116 valence electrons. The van der Waals surface area contributed by atoms with Gasteiger partial charge in [0, 0.05) is 0 Å². The summed E-state index contributed by atoms with van der Waals surface area (Å²) in [7, 11) is 0. The number of hydrogen-bond acceptors (Lipinski definition) is 3. The van der Waals surface area contributed by atoms with Crippen molar-refractivity contribution in [2.75, 3.05) is 6.61 Å². The molecule has 0 radical (unpaired) electrons. The third-order valence-electron chi connectivity index (χ3n) is 4.21. The van der Waals surface area contributed by atoms with Crippen LogP contribution in [-0.4, -0.2) is 34.7 Å². The van der Waals surface area contributed by atoms with Gasteiger partial charge < -0.3 is 15.5 Å². The van der Waals surface area contributed by atoms with E-state index in [-0.39, 0.29) is 18.6 Å². The molecule has 1 rings (SSSR count). The van der Waals surface area contributed by atoms with Crippen LogP contribution in [0.15, 0.2) is 0 Å². The van der Waals surface area contributed by atoms with E-state index in [1.165, 1.54) is 0 Å². The normalized spacial score (nSPS) is 27.6. The molecule has 0 aromatic carbocycles. The Hall–Kier alpha value is -1.10. The molecule has 0 aromatic heterocycles. The zero-order valence-electron chi connectivity index (χ0n) is 12.6. The molecule has 2 unspecified atom stereocenters. The Morgan fingerprint density at radius 2 is 1.85 bits per heavy atom. The van der Waals surface area contributed by atoms with Crippen LogP contribution in [0, 0.1) is 23.7 Å². The molecular weight excluding hydrogens is 258 g/mol. The SMILES string of the molecule is CCC1C[C@H](C(=O)NC(CO)CC(C)C)[C@H](C(=O)O)C1. The molecule has 1 amide bonds. The van der Waals surface area contributed by atoms with Crippen molar-refractivity contribution in [2.45, 2.75) is 52.5 Å². The van der Waals surface area contributed by atoms with E-state index in [1.54, 1.807) is 0 Å². The summed E-state index contributed by atoms with van der Waals surface area (Å²) in [5.41, 5.74) is 0. The van der Waals surface area contributed by atoms with Gasteiger partial charge in [0.1, 0.15) is 0 Å². The topological polar surface area (TPSA) is 86.6 Å². The fourth-order valence-electron chi connectivity index (χ4n) is 3.10. The van der Waals surface area contributed by atoms with E-state index in [0.29, 0.717) is 31.1 Å². The first kappa shape index (κ1) is 17.0. The Bertz CT molecular complexity index is 343. The molecular formula is C15H27NO4. The predicted molar refractivity (Wildman–Crippen MR) is 76.1 cm³/mol. The van der Waals surface area contributed by atoms with E-state index in [2.05, 4.69) is 5.32 Å². The molecule has 20 heavy (non-hydrogen) atoms. The third-order valence-corrected chi connectivity index (χ3v) is 4.21. The van der Waals surface area contributed by atoms with E-state index in [9.17, 15) is 19.8 Å². The predicted octanol–water partition coefficient (Wildman–Crippen LogP) is 1.65. The number of carbonyl (C=O) groups excluding carboxylic acids is 1. The van der Waals surface area contributed by atoms with Gasteiger partial charge in [-0.25, -0.2) is 0 Å². The molecule has 1 aliphatic rings. The molecule has 0 aliphatic heterocycles. The second kappa shape index (κ2) is 7.62. The highest BCUT2D eigenvalue weighted by Crippen LogP contribution is 2.38. The maximum Gasteiger partial charge on any atom is 0.307 e. The summed E-state index contributed by atoms with van der Waals surface area (Å²) in [5, 5.41) is 21.4. The summed E-state index contributed by atoms with van der Waals surface area (Å²) < 4.78 is 0. The van der Waals surface area contributed by atoms with Crippen molar-refractivity contribution in [1.29, 1.82) is 0 Å². The molecule has 4 atom stereocenters. The third kappa shape index (κ3) is 4.47. The van der Waals surface area contributed by atoms with Crippen LogP contribution in [0.5, 0.6) is 0 Å². The van der Waals surface area contributed by atoms with Crippen LogP contribution in [0.25, 0.3) is 0 Å². The van der Waals surface area contributed by atoms with E-state index in [0.717, 1.165) is 6.42 Å². The Morgan fingerprint density at radius 3 is 2.30 bits per heavy atom. The second-order valence-corrected chi connectivity index (χ2v) is 6.31. The zero-order chi connectivity index (χ0) is 15.3. The number of amides is 1. The Labute approximate surface area is 120 Å². The molecule has 0 bridgehead atoms. The number of aliphatic carboxylic acids is 1. The van der Waals surface area contributed by atoms with Crippen molar-refractivity contribution in [3.63, 3.8) is 0 Å². The lowest BCUT2D eigenvalue weighted by atomic mass is 9.94. The molecule has 0 aromatic rings. The van der Waals surface area contributed by atoms with Crippen LogP contribution in [0.3, 0.4) is 0 Å². The van der Waals surface area contributed by atoms with E-state index >= 15 is 0 Å². The van der Waals surface area contributed by atoms with Gasteiger partial charge in [-0.05, 0) is 31.1 Å².